The fraction of sp³-hybridized carbons (Fsp3) is 0.273. The first kappa shape index (κ1) is 18.2. The lowest BCUT2D eigenvalue weighted by molar-refractivity contribution is 0.374. The van der Waals surface area contributed by atoms with Crippen LogP contribution in [0.5, 0.6) is 0 Å². The second-order valence-electron chi connectivity index (χ2n) is 6.98. The summed E-state index contributed by atoms with van der Waals surface area (Å²) in [7, 11) is 0. The van der Waals surface area contributed by atoms with E-state index in [-0.39, 0.29) is 11.7 Å². The molecule has 0 spiro atoms. The molecule has 0 fully saturated rings. The van der Waals surface area contributed by atoms with E-state index in [1.54, 1.807) is 12.4 Å². The van der Waals surface area contributed by atoms with Crippen LogP contribution in [0.15, 0.2) is 64.1 Å². The molecule has 1 atom stereocenters. The van der Waals surface area contributed by atoms with Gasteiger partial charge in [-0.15, -0.1) is 0 Å². The van der Waals surface area contributed by atoms with E-state index in [9.17, 15) is 4.39 Å². The van der Waals surface area contributed by atoms with Gasteiger partial charge in [0.25, 0.3) is 0 Å². The van der Waals surface area contributed by atoms with Gasteiger partial charge in [0.2, 0.25) is 0 Å². The molecule has 6 heteroatoms. The first-order valence-electron chi connectivity index (χ1n) is 9.55. The van der Waals surface area contributed by atoms with Crippen molar-refractivity contribution in [3.63, 3.8) is 0 Å². The molecule has 1 aromatic heterocycles. The number of hydrazine groups is 1. The van der Waals surface area contributed by atoms with Gasteiger partial charge in [-0.3, -0.25) is 15.4 Å². The fourth-order valence-electron chi connectivity index (χ4n) is 3.29. The van der Waals surface area contributed by atoms with Gasteiger partial charge >= 0.3 is 0 Å². The Bertz CT molecular complexity index is 954. The molecule has 1 aliphatic rings. The maximum Gasteiger partial charge on any atom is 0.188 e. The average Bonchev–Trinajstić information content (AvgIpc) is 3.03. The molecule has 0 bridgehead atoms. The predicted molar refractivity (Wildman–Crippen MR) is 109 cm³/mol. The van der Waals surface area contributed by atoms with Crippen molar-refractivity contribution in [3.8, 4) is 11.1 Å². The van der Waals surface area contributed by atoms with Gasteiger partial charge in [0.15, 0.2) is 5.82 Å². The van der Waals surface area contributed by atoms with E-state index >= 15 is 0 Å². The zero-order valence-electron chi connectivity index (χ0n) is 15.8. The van der Waals surface area contributed by atoms with E-state index in [0.717, 1.165) is 37.1 Å². The summed E-state index contributed by atoms with van der Waals surface area (Å²) in [6.45, 7) is 3.70. The van der Waals surface area contributed by atoms with Crippen LogP contribution in [0.2, 0.25) is 0 Å². The van der Waals surface area contributed by atoms with Crippen LogP contribution in [0, 0.1) is 5.82 Å². The molecule has 4 rings (SSSR count). The van der Waals surface area contributed by atoms with Crippen LogP contribution in [0.4, 0.5) is 10.2 Å². The first-order valence-corrected chi connectivity index (χ1v) is 9.55. The molecule has 1 N–H and O–H groups in total. The second-order valence-corrected chi connectivity index (χ2v) is 6.98. The summed E-state index contributed by atoms with van der Waals surface area (Å²) >= 11 is 0. The lowest BCUT2D eigenvalue weighted by atomic mass is 9.95. The van der Waals surface area contributed by atoms with Crippen LogP contribution < -0.4 is 5.43 Å². The van der Waals surface area contributed by atoms with Crippen molar-refractivity contribution in [2.75, 3.05) is 18.5 Å². The monoisotopic (exact) mass is 378 g/mol. The Morgan fingerprint density at radius 3 is 2.79 bits per heavy atom. The SMILES string of the molecule is CC(c1ccc(-c2ccccc2)c(F)c1)c1cc(NN2C=NCCCC2)no1. The minimum Gasteiger partial charge on any atom is -0.359 e. The zero-order valence-corrected chi connectivity index (χ0v) is 15.8. The zero-order chi connectivity index (χ0) is 19.3. The van der Waals surface area contributed by atoms with Crippen LogP contribution in [0.3, 0.4) is 0 Å². The Hall–Kier alpha value is -3.15. The minimum absolute atomic E-state index is 0.111. The Morgan fingerprint density at radius 1 is 1.11 bits per heavy atom. The summed E-state index contributed by atoms with van der Waals surface area (Å²) in [5.41, 5.74) is 5.50. The molecule has 2 heterocycles. The molecule has 0 saturated carbocycles. The third-order valence-corrected chi connectivity index (χ3v) is 4.95. The van der Waals surface area contributed by atoms with Gasteiger partial charge in [0.05, 0.1) is 0 Å². The van der Waals surface area contributed by atoms with Crippen molar-refractivity contribution in [1.29, 1.82) is 0 Å². The minimum atomic E-state index is -0.241. The van der Waals surface area contributed by atoms with Crippen LogP contribution in [0.25, 0.3) is 11.1 Å². The molecule has 0 saturated heterocycles. The summed E-state index contributed by atoms with van der Waals surface area (Å²) in [5.74, 6) is 0.951. The number of hydrogen-bond acceptors (Lipinski definition) is 5. The summed E-state index contributed by atoms with van der Waals surface area (Å²) in [5, 5.41) is 6.00. The van der Waals surface area contributed by atoms with Gasteiger partial charge in [-0.25, -0.2) is 4.39 Å². The molecule has 144 valence electrons. The second kappa shape index (κ2) is 8.25. The molecule has 28 heavy (non-hydrogen) atoms. The maximum atomic E-state index is 14.7. The number of halogens is 1. The van der Waals surface area contributed by atoms with Crippen molar-refractivity contribution < 1.29 is 8.91 Å². The predicted octanol–water partition coefficient (Wildman–Crippen LogP) is 5.08. The molecule has 0 amide bonds. The number of nitrogens with one attached hydrogen (secondary N) is 1. The number of benzene rings is 2. The van der Waals surface area contributed by atoms with E-state index < -0.39 is 0 Å². The van der Waals surface area contributed by atoms with Crippen molar-refractivity contribution in [2.24, 2.45) is 4.99 Å². The third-order valence-electron chi connectivity index (χ3n) is 4.95. The average molecular weight is 378 g/mol. The van der Waals surface area contributed by atoms with Crippen molar-refractivity contribution in [1.82, 2.24) is 10.2 Å². The highest BCUT2D eigenvalue weighted by Gasteiger charge is 2.17. The van der Waals surface area contributed by atoms with Crippen LogP contribution >= 0.6 is 0 Å². The molecule has 0 radical (unpaired) electrons. The quantitative estimate of drug-likeness (QED) is 0.672. The maximum absolute atomic E-state index is 14.7. The van der Waals surface area contributed by atoms with Gasteiger partial charge in [0.1, 0.15) is 17.9 Å². The van der Waals surface area contributed by atoms with Crippen molar-refractivity contribution in [2.45, 2.75) is 25.7 Å². The van der Waals surface area contributed by atoms with Crippen LogP contribution in [-0.4, -0.2) is 29.6 Å². The van der Waals surface area contributed by atoms with Crippen molar-refractivity contribution in [3.05, 3.63) is 71.7 Å². The van der Waals surface area contributed by atoms with Gasteiger partial charge in [-0.1, -0.05) is 54.5 Å². The Labute approximate surface area is 163 Å². The highest BCUT2D eigenvalue weighted by Crippen LogP contribution is 2.30. The van der Waals surface area contributed by atoms with Crippen LogP contribution in [-0.2, 0) is 0 Å². The lowest BCUT2D eigenvalue weighted by Gasteiger charge is -2.17. The van der Waals surface area contributed by atoms with Crippen LogP contribution in [0.1, 0.15) is 37.0 Å². The lowest BCUT2D eigenvalue weighted by Crippen LogP contribution is -2.28. The Kier molecular flexibility index (Phi) is 5.37. The molecular weight excluding hydrogens is 355 g/mol. The van der Waals surface area contributed by atoms with Gasteiger partial charge in [0, 0.05) is 30.6 Å². The summed E-state index contributed by atoms with van der Waals surface area (Å²) in [6, 6.07) is 16.7. The summed E-state index contributed by atoms with van der Waals surface area (Å²) in [4.78, 5) is 4.32. The van der Waals surface area contributed by atoms with Crippen molar-refractivity contribution >= 4 is 12.2 Å². The molecule has 5 nitrogen and oxygen atoms in total. The Morgan fingerprint density at radius 2 is 1.96 bits per heavy atom. The Balaban J connectivity index is 1.49. The van der Waals surface area contributed by atoms with E-state index in [0.29, 0.717) is 17.1 Å². The smallest absolute Gasteiger partial charge is 0.188 e. The number of hydrogen-bond donors (Lipinski definition) is 1. The molecule has 1 unspecified atom stereocenters. The summed E-state index contributed by atoms with van der Waals surface area (Å²) in [6.07, 6.45) is 3.95. The standard InChI is InChI=1S/C22H23FN4O/c1-16(18-9-10-19(20(23)13-18)17-7-3-2-4-8-17)21-14-22(26-28-21)25-27-12-6-5-11-24-15-27/h2-4,7-10,13-16H,5-6,11-12H2,1H3,(H,25,26). The molecule has 2 aromatic carbocycles. The molecular formula is C22H23FN4O. The van der Waals surface area contributed by atoms with E-state index in [1.165, 1.54) is 0 Å². The number of nitrogens with zero attached hydrogens (tertiary/aromatic N) is 3. The molecule has 1 aliphatic heterocycles. The van der Waals surface area contributed by atoms with Gasteiger partial charge < -0.3 is 4.52 Å². The number of anilines is 1. The van der Waals surface area contributed by atoms with Gasteiger partial charge in [-0.2, -0.15) is 0 Å². The first-order chi connectivity index (χ1) is 13.7. The largest absolute Gasteiger partial charge is 0.359 e. The number of aliphatic imine (C=N–C) groups is 1. The number of aromatic nitrogens is 1. The topological polar surface area (TPSA) is 53.7 Å². The van der Waals surface area contributed by atoms with E-state index in [2.05, 4.69) is 15.6 Å². The number of rotatable bonds is 5. The normalized spacial score (nSPS) is 15.3. The third kappa shape index (κ3) is 4.06. The highest BCUT2D eigenvalue weighted by molar-refractivity contribution is 5.64. The molecule has 0 aliphatic carbocycles. The molecule has 3 aromatic rings. The van der Waals surface area contributed by atoms with E-state index in [4.69, 9.17) is 4.52 Å². The van der Waals surface area contributed by atoms with E-state index in [1.807, 2.05) is 60.5 Å². The summed E-state index contributed by atoms with van der Waals surface area (Å²) < 4.78 is 20.2. The highest BCUT2D eigenvalue weighted by atomic mass is 19.1. The van der Waals surface area contributed by atoms with Gasteiger partial charge in [-0.05, 0) is 30.0 Å². The fourth-order valence-corrected chi connectivity index (χ4v) is 3.29.